The number of aliphatic carboxylic acids is 1. The minimum Gasteiger partial charge on any atom is -0.748 e. The van der Waals surface area contributed by atoms with Gasteiger partial charge in [-0.1, -0.05) is 38.5 Å². The molecule has 0 amide bonds. The van der Waals surface area contributed by atoms with Crippen molar-refractivity contribution in [3.05, 3.63) is 0 Å². The molecule has 0 rings (SSSR count). The molecule has 0 aromatic heterocycles. The van der Waals surface area contributed by atoms with Crippen LogP contribution in [0.1, 0.15) is 57.8 Å². The van der Waals surface area contributed by atoms with Gasteiger partial charge in [0.05, 0.1) is 10.1 Å². The Bertz CT molecular complexity index is 303. The van der Waals surface area contributed by atoms with Gasteiger partial charge in [0.1, 0.15) is 0 Å². The first-order valence-electron chi connectivity index (χ1n) is 6.07. The Balaban J connectivity index is 0. The molecule has 1 N–H and O–H groups in total. The zero-order chi connectivity index (χ0) is 13.1. The smallest absolute Gasteiger partial charge is 0.748 e. The predicted molar refractivity (Wildman–Crippen MR) is 63.8 cm³/mol. The van der Waals surface area contributed by atoms with Crippen LogP contribution in [0.2, 0.25) is 0 Å². The van der Waals surface area contributed by atoms with Crippen molar-refractivity contribution in [2.75, 3.05) is 5.75 Å². The first-order valence-corrected chi connectivity index (χ1v) is 7.65. The molecular formula is C11H21NaO5S. The molecule has 0 bridgehead atoms. The predicted octanol–water partition coefficient (Wildman–Crippen LogP) is -0.869. The molecule has 0 unspecified atom stereocenters. The van der Waals surface area contributed by atoms with Crippen molar-refractivity contribution in [2.24, 2.45) is 0 Å². The van der Waals surface area contributed by atoms with Crippen LogP contribution < -0.4 is 29.6 Å². The van der Waals surface area contributed by atoms with Gasteiger partial charge in [0.2, 0.25) is 0 Å². The topological polar surface area (TPSA) is 94.5 Å². The molecule has 0 aliphatic rings. The average Bonchev–Trinajstić information content (AvgIpc) is 2.18. The van der Waals surface area contributed by atoms with Gasteiger partial charge in [-0.2, -0.15) is 0 Å². The van der Waals surface area contributed by atoms with E-state index in [4.69, 9.17) is 5.11 Å². The molecular weight excluding hydrogens is 267 g/mol. The van der Waals surface area contributed by atoms with Crippen LogP contribution in [0, 0.1) is 0 Å². The number of carboxylic acids is 1. The Labute approximate surface area is 131 Å². The molecule has 0 heterocycles. The van der Waals surface area contributed by atoms with Gasteiger partial charge in [-0.25, -0.2) is 8.42 Å². The third kappa shape index (κ3) is 18.7. The van der Waals surface area contributed by atoms with Crippen molar-refractivity contribution < 1.29 is 52.4 Å². The number of carboxylic acid groups (broad SMARTS) is 1. The van der Waals surface area contributed by atoms with Gasteiger partial charge in [-0.3, -0.25) is 4.79 Å². The Hall–Kier alpha value is 0.380. The van der Waals surface area contributed by atoms with Gasteiger partial charge in [0, 0.05) is 12.2 Å². The van der Waals surface area contributed by atoms with Crippen molar-refractivity contribution >= 4 is 16.1 Å². The fourth-order valence-electron chi connectivity index (χ4n) is 1.62. The maximum atomic E-state index is 10.3. The SMILES string of the molecule is O=C(O)CCCCCCCCCCS(=O)(=O)[O-].[Na+]. The van der Waals surface area contributed by atoms with Crippen molar-refractivity contribution in [3.8, 4) is 0 Å². The largest absolute Gasteiger partial charge is 1.00 e. The third-order valence-corrected chi connectivity index (χ3v) is 3.32. The Kier molecular flexibility index (Phi) is 14.3. The van der Waals surface area contributed by atoms with E-state index in [9.17, 15) is 17.8 Å². The molecule has 18 heavy (non-hydrogen) atoms. The molecule has 0 spiro atoms. The van der Waals surface area contributed by atoms with Crippen molar-refractivity contribution in [2.45, 2.75) is 57.8 Å². The summed E-state index contributed by atoms with van der Waals surface area (Å²) in [4.78, 5) is 10.2. The maximum absolute atomic E-state index is 10.3. The van der Waals surface area contributed by atoms with Crippen LogP contribution in [0.4, 0.5) is 0 Å². The summed E-state index contributed by atoms with van der Waals surface area (Å²) in [5.74, 6) is -1.00. The maximum Gasteiger partial charge on any atom is 1.00 e. The second-order valence-corrected chi connectivity index (χ2v) is 5.76. The molecule has 0 saturated heterocycles. The number of rotatable bonds is 11. The zero-order valence-electron chi connectivity index (χ0n) is 11.1. The number of unbranched alkanes of at least 4 members (excludes halogenated alkanes) is 7. The summed E-state index contributed by atoms with van der Waals surface area (Å²) >= 11 is 0. The molecule has 0 aliphatic heterocycles. The molecule has 7 heteroatoms. The summed E-state index contributed by atoms with van der Waals surface area (Å²) < 4.78 is 30.9. The van der Waals surface area contributed by atoms with E-state index in [0.29, 0.717) is 6.42 Å². The standard InChI is InChI=1S/C11H22O5S.Na/c12-11(13)9-7-5-3-1-2-4-6-8-10-17(14,15)16;/h1-10H2,(H,12,13)(H,14,15,16);/q;+1/p-1. The van der Waals surface area contributed by atoms with Gasteiger partial charge < -0.3 is 9.66 Å². The van der Waals surface area contributed by atoms with Gasteiger partial charge >= 0.3 is 35.5 Å². The van der Waals surface area contributed by atoms with E-state index in [0.717, 1.165) is 44.9 Å². The van der Waals surface area contributed by atoms with Crippen molar-refractivity contribution in [1.29, 1.82) is 0 Å². The third-order valence-electron chi connectivity index (χ3n) is 2.53. The molecule has 0 saturated carbocycles. The van der Waals surface area contributed by atoms with E-state index in [-0.39, 0.29) is 41.7 Å². The molecule has 0 radical (unpaired) electrons. The van der Waals surface area contributed by atoms with Crippen LogP contribution in [0.5, 0.6) is 0 Å². The minimum absolute atomic E-state index is 0. The van der Waals surface area contributed by atoms with Gasteiger partial charge in [0.25, 0.3) is 0 Å². The van der Waals surface area contributed by atoms with E-state index in [2.05, 4.69) is 0 Å². The number of carbonyl (C=O) groups is 1. The van der Waals surface area contributed by atoms with Gasteiger partial charge in [-0.15, -0.1) is 0 Å². The van der Waals surface area contributed by atoms with Crippen LogP contribution in [0.15, 0.2) is 0 Å². The van der Waals surface area contributed by atoms with E-state index in [1.165, 1.54) is 0 Å². The van der Waals surface area contributed by atoms with E-state index in [1.807, 2.05) is 0 Å². The zero-order valence-corrected chi connectivity index (χ0v) is 13.9. The quantitative estimate of drug-likeness (QED) is 0.303. The summed E-state index contributed by atoms with van der Waals surface area (Å²) in [7, 11) is -4.04. The summed E-state index contributed by atoms with van der Waals surface area (Å²) in [6.07, 6.45) is 7.14. The normalized spacial score (nSPS) is 10.9. The van der Waals surface area contributed by atoms with Crippen molar-refractivity contribution in [3.63, 3.8) is 0 Å². The summed E-state index contributed by atoms with van der Waals surface area (Å²) in [5.41, 5.74) is 0. The Morgan fingerprint density at radius 1 is 0.889 bits per heavy atom. The van der Waals surface area contributed by atoms with E-state index < -0.39 is 16.1 Å². The van der Waals surface area contributed by atoms with Crippen LogP contribution >= 0.6 is 0 Å². The number of hydrogen-bond acceptors (Lipinski definition) is 4. The van der Waals surface area contributed by atoms with E-state index >= 15 is 0 Å². The van der Waals surface area contributed by atoms with Crippen LogP contribution in [0.25, 0.3) is 0 Å². The second kappa shape index (κ2) is 12.4. The Morgan fingerprint density at radius 3 is 1.67 bits per heavy atom. The Morgan fingerprint density at radius 2 is 1.28 bits per heavy atom. The van der Waals surface area contributed by atoms with Crippen LogP contribution in [0.3, 0.4) is 0 Å². The van der Waals surface area contributed by atoms with Gasteiger partial charge in [-0.05, 0) is 12.8 Å². The fourth-order valence-corrected chi connectivity index (χ4v) is 2.17. The van der Waals surface area contributed by atoms with Crippen LogP contribution in [-0.2, 0) is 14.9 Å². The average molecular weight is 288 g/mol. The molecule has 0 fully saturated rings. The molecule has 0 atom stereocenters. The summed E-state index contributed by atoms with van der Waals surface area (Å²) in [6.45, 7) is 0. The number of hydrogen-bond donors (Lipinski definition) is 1. The van der Waals surface area contributed by atoms with Gasteiger partial charge in [0.15, 0.2) is 0 Å². The molecule has 0 aromatic carbocycles. The first kappa shape index (κ1) is 20.7. The fraction of sp³-hybridized carbons (Fsp3) is 0.909. The molecule has 0 aromatic rings. The minimum atomic E-state index is -4.04. The second-order valence-electron chi connectivity index (χ2n) is 4.23. The molecule has 102 valence electrons. The molecule has 5 nitrogen and oxygen atoms in total. The first-order chi connectivity index (χ1) is 7.92. The van der Waals surface area contributed by atoms with Crippen LogP contribution in [-0.4, -0.2) is 29.8 Å². The molecule has 0 aliphatic carbocycles. The van der Waals surface area contributed by atoms with E-state index in [1.54, 1.807) is 0 Å². The summed E-state index contributed by atoms with van der Waals surface area (Å²) in [6, 6.07) is 0. The van der Waals surface area contributed by atoms with Crippen molar-refractivity contribution in [1.82, 2.24) is 0 Å². The monoisotopic (exact) mass is 288 g/mol. The summed E-state index contributed by atoms with van der Waals surface area (Å²) in [5, 5.41) is 8.40.